The topological polar surface area (TPSA) is 183 Å². The van der Waals surface area contributed by atoms with Gasteiger partial charge in [-0.3, -0.25) is 0 Å². The van der Waals surface area contributed by atoms with Crippen molar-refractivity contribution in [2.75, 3.05) is 50.6 Å². The first-order valence-electron chi connectivity index (χ1n) is 10.2. The summed E-state index contributed by atoms with van der Waals surface area (Å²) in [6.07, 6.45) is -0.500. The summed E-state index contributed by atoms with van der Waals surface area (Å²) in [7, 11) is -3.67. The molecule has 0 saturated carbocycles. The predicted molar refractivity (Wildman–Crippen MR) is 122 cm³/mol. The average Bonchev–Trinajstić information content (AvgIpc) is 3.13. The Morgan fingerprint density at radius 3 is 2.27 bits per heavy atom. The number of hydrogen-bond donors (Lipinski definition) is 5. The number of nitrogen functional groups attached to an aromatic ring is 1. The van der Waals surface area contributed by atoms with Gasteiger partial charge in [-0.1, -0.05) is 0 Å². The lowest BCUT2D eigenvalue weighted by Gasteiger charge is -2.19. The summed E-state index contributed by atoms with van der Waals surface area (Å²) in [4.78, 5) is 15.5. The molecule has 184 valence electrons. The van der Waals surface area contributed by atoms with Crippen LogP contribution in [0.3, 0.4) is 0 Å². The second kappa shape index (κ2) is 12.3. The molecule has 1 aromatic heterocycles. The number of benzene rings is 1. The van der Waals surface area contributed by atoms with Gasteiger partial charge in [0.25, 0.3) is 0 Å². The summed E-state index contributed by atoms with van der Waals surface area (Å²) in [6.45, 7) is 6.88. The Hall–Kier alpha value is -2.94. The van der Waals surface area contributed by atoms with Gasteiger partial charge in [0, 0.05) is 18.8 Å². The molecule has 0 spiro atoms. The zero-order chi connectivity index (χ0) is 24.3. The van der Waals surface area contributed by atoms with Crippen LogP contribution in [-0.4, -0.2) is 74.8 Å². The standard InChI is InChI=1S/C19H31N7O6S/c1-19(2,3)32-18(27)21-8-10-30-12-13-31-11-9-22-33(28,29)15-6-4-14(5-7-15)23-17-24-16(20)25-26-17/h4-7,22H,8-13H2,1-3H3,(H,21,27)(H4,20,23,24,25,26). The van der Waals surface area contributed by atoms with Crippen LogP contribution in [0.15, 0.2) is 29.2 Å². The molecule has 13 nitrogen and oxygen atoms in total. The summed E-state index contributed by atoms with van der Waals surface area (Å²) in [6, 6.07) is 6.10. The molecule has 0 aliphatic heterocycles. The van der Waals surface area contributed by atoms with E-state index >= 15 is 0 Å². The number of nitrogens with zero attached hydrogens (tertiary/aromatic N) is 2. The fraction of sp³-hybridized carbons (Fsp3) is 0.526. The van der Waals surface area contributed by atoms with E-state index in [2.05, 4.69) is 30.5 Å². The van der Waals surface area contributed by atoms with Crippen LogP contribution in [-0.2, 0) is 24.2 Å². The van der Waals surface area contributed by atoms with Crippen molar-refractivity contribution in [3.8, 4) is 0 Å². The van der Waals surface area contributed by atoms with E-state index in [-0.39, 0.29) is 29.9 Å². The normalized spacial score (nSPS) is 11.8. The molecule has 1 heterocycles. The Bertz CT molecular complexity index is 973. The SMILES string of the molecule is CC(C)(C)OC(=O)NCCOCCOCCNS(=O)(=O)c1ccc(Nc2n[nH]c(N)n2)cc1. The number of H-pyrrole nitrogens is 1. The Labute approximate surface area is 192 Å². The van der Waals surface area contributed by atoms with Crippen LogP contribution in [0, 0.1) is 0 Å². The fourth-order valence-corrected chi connectivity index (χ4v) is 3.38. The van der Waals surface area contributed by atoms with Crippen molar-refractivity contribution < 1.29 is 27.4 Å². The van der Waals surface area contributed by atoms with Crippen molar-refractivity contribution in [3.05, 3.63) is 24.3 Å². The largest absolute Gasteiger partial charge is 0.444 e. The monoisotopic (exact) mass is 485 g/mol. The minimum absolute atomic E-state index is 0.110. The number of rotatable bonds is 13. The molecule has 0 radical (unpaired) electrons. The van der Waals surface area contributed by atoms with Gasteiger partial charge in [0.2, 0.25) is 21.9 Å². The highest BCUT2D eigenvalue weighted by atomic mass is 32.2. The average molecular weight is 486 g/mol. The second-order valence-electron chi connectivity index (χ2n) is 7.74. The van der Waals surface area contributed by atoms with Crippen molar-refractivity contribution >= 4 is 33.7 Å². The Kier molecular flexibility index (Phi) is 9.84. The maximum atomic E-state index is 12.4. The first-order valence-corrected chi connectivity index (χ1v) is 11.7. The molecule has 0 aliphatic carbocycles. The first-order chi connectivity index (χ1) is 15.5. The summed E-state index contributed by atoms with van der Waals surface area (Å²) in [5.74, 6) is 0.451. The van der Waals surface area contributed by atoms with Crippen molar-refractivity contribution in [2.24, 2.45) is 0 Å². The molecule has 0 atom stereocenters. The maximum absolute atomic E-state index is 12.4. The molecule has 0 bridgehead atoms. The van der Waals surface area contributed by atoms with Crippen LogP contribution in [0.1, 0.15) is 20.8 Å². The summed E-state index contributed by atoms with van der Waals surface area (Å²) < 4.78 is 42.9. The summed E-state index contributed by atoms with van der Waals surface area (Å²) in [5, 5.41) is 11.8. The highest BCUT2D eigenvalue weighted by Crippen LogP contribution is 2.16. The lowest BCUT2D eigenvalue weighted by molar-refractivity contribution is 0.0408. The van der Waals surface area contributed by atoms with Crippen LogP contribution in [0.5, 0.6) is 0 Å². The summed E-state index contributed by atoms with van der Waals surface area (Å²) >= 11 is 0. The van der Waals surface area contributed by atoms with E-state index in [1.54, 1.807) is 32.9 Å². The molecule has 0 unspecified atom stereocenters. The van der Waals surface area contributed by atoms with Gasteiger partial charge in [0.1, 0.15) is 5.60 Å². The number of carbonyl (C=O) groups excluding carboxylic acids is 1. The van der Waals surface area contributed by atoms with Gasteiger partial charge in [-0.2, -0.15) is 4.98 Å². The molecule has 14 heteroatoms. The number of hydrogen-bond acceptors (Lipinski definition) is 10. The number of nitrogens with two attached hydrogens (primary N) is 1. The third-order valence-corrected chi connectivity index (χ3v) is 5.23. The fourth-order valence-electron chi connectivity index (χ4n) is 2.37. The Morgan fingerprint density at radius 1 is 1.06 bits per heavy atom. The number of alkyl carbamates (subject to hydrolysis) is 1. The molecular formula is C19H31N7O6S. The van der Waals surface area contributed by atoms with Crippen molar-refractivity contribution in [2.45, 2.75) is 31.3 Å². The molecule has 6 N–H and O–H groups in total. The van der Waals surface area contributed by atoms with Gasteiger partial charge in [-0.05, 0) is 45.0 Å². The van der Waals surface area contributed by atoms with E-state index in [9.17, 15) is 13.2 Å². The second-order valence-corrected chi connectivity index (χ2v) is 9.51. The lowest BCUT2D eigenvalue weighted by atomic mass is 10.2. The Balaban J connectivity index is 1.56. The lowest BCUT2D eigenvalue weighted by Crippen LogP contribution is -2.34. The van der Waals surface area contributed by atoms with Gasteiger partial charge in [0.05, 0.1) is 31.3 Å². The molecule has 0 fully saturated rings. The number of sulfonamides is 1. The van der Waals surface area contributed by atoms with Crippen LogP contribution in [0.2, 0.25) is 0 Å². The van der Waals surface area contributed by atoms with Crippen LogP contribution < -0.4 is 21.1 Å². The number of ether oxygens (including phenoxy) is 3. The molecular weight excluding hydrogens is 454 g/mol. The number of anilines is 3. The van der Waals surface area contributed by atoms with Gasteiger partial charge in [-0.25, -0.2) is 23.0 Å². The van der Waals surface area contributed by atoms with Crippen molar-refractivity contribution in [1.82, 2.24) is 25.2 Å². The van der Waals surface area contributed by atoms with Crippen molar-refractivity contribution in [3.63, 3.8) is 0 Å². The minimum Gasteiger partial charge on any atom is -0.444 e. The third kappa shape index (κ3) is 10.5. The molecule has 1 aromatic carbocycles. The van der Waals surface area contributed by atoms with E-state index < -0.39 is 21.7 Å². The predicted octanol–water partition coefficient (Wildman–Crippen LogP) is 0.967. The summed E-state index contributed by atoms with van der Waals surface area (Å²) in [5.41, 5.74) is 5.51. The zero-order valence-corrected chi connectivity index (χ0v) is 19.7. The zero-order valence-electron chi connectivity index (χ0n) is 18.9. The maximum Gasteiger partial charge on any atom is 0.407 e. The minimum atomic E-state index is -3.67. The van der Waals surface area contributed by atoms with Crippen LogP contribution >= 0.6 is 0 Å². The molecule has 2 rings (SSSR count). The highest BCUT2D eigenvalue weighted by Gasteiger charge is 2.15. The van der Waals surface area contributed by atoms with E-state index in [0.29, 0.717) is 32.1 Å². The van der Waals surface area contributed by atoms with Crippen LogP contribution in [0.4, 0.5) is 22.4 Å². The molecule has 1 amide bonds. The number of aromatic amines is 1. The number of aromatic nitrogens is 3. The van der Waals surface area contributed by atoms with E-state index in [1.807, 2.05) is 0 Å². The van der Waals surface area contributed by atoms with Crippen molar-refractivity contribution in [1.29, 1.82) is 0 Å². The third-order valence-electron chi connectivity index (χ3n) is 3.75. The Morgan fingerprint density at radius 2 is 1.70 bits per heavy atom. The quantitative estimate of drug-likeness (QED) is 0.256. The van der Waals surface area contributed by atoms with E-state index in [0.717, 1.165) is 0 Å². The van der Waals surface area contributed by atoms with E-state index in [4.69, 9.17) is 19.9 Å². The smallest absolute Gasteiger partial charge is 0.407 e. The molecule has 2 aromatic rings. The van der Waals surface area contributed by atoms with E-state index in [1.165, 1.54) is 12.1 Å². The number of amides is 1. The molecule has 0 aliphatic rings. The van der Waals surface area contributed by atoms with Gasteiger partial charge in [0.15, 0.2) is 0 Å². The van der Waals surface area contributed by atoms with Crippen LogP contribution in [0.25, 0.3) is 0 Å². The van der Waals surface area contributed by atoms with Gasteiger partial charge < -0.3 is 30.6 Å². The van der Waals surface area contributed by atoms with Gasteiger partial charge in [-0.15, -0.1) is 5.10 Å². The highest BCUT2D eigenvalue weighted by molar-refractivity contribution is 7.89. The molecule has 33 heavy (non-hydrogen) atoms. The van der Waals surface area contributed by atoms with Gasteiger partial charge >= 0.3 is 6.09 Å². The first kappa shape index (κ1) is 26.3. The number of carbonyl (C=O) groups is 1. The molecule has 0 saturated heterocycles. The number of nitrogens with one attached hydrogen (secondary N) is 4.